The third-order valence-corrected chi connectivity index (χ3v) is 5.47. The Hall–Kier alpha value is -1.80. The summed E-state index contributed by atoms with van der Waals surface area (Å²) >= 11 is 6.00. The molecule has 1 atom stereocenters. The molecule has 0 aliphatic carbocycles. The van der Waals surface area contributed by atoms with Gasteiger partial charge < -0.3 is 15.5 Å². The number of hydrogen-bond donors (Lipinski definition) is 3. The van der Waals surface area contributed by atoms with Crippen molar-refractivity contribution in [3.8, 4) is 11.3 Å². The molecule has 29 heavy (non-hydrogen) atoms. The second-order valence-electron chi connectivity index (χ2n) is 8.34. The molecule has 3 heterocycles. The number of aliphatic hydroxyl groups excluding tert-OH is 1. The van der Waals surface area contributed by atoms with Crippen molar-refractivity contribution in [3.63, 3.8) is 0 Å². The Morgan fingerprint density at radius 2 is 2.03 bits per heavy atom. The molecule has 0 spiro atoms. The number of rotatable bonds is 8. The molecule has 1 aliphatic heterocycles. The first-order valence-corrected chi connectivity index (χ1v) is 10.2. The Balaban J connectivity index is 1.72. The monoisotopic (exact) mass is 422 g/mol. The highest BCUT2D eigenvalue weighted by Gasteiger charge is 2.37. The maximum Gasteiger partial charge on any atom is 0.149 e. The molecule has 1 aliphatic rings. The van der Waals surface area contributed by atoms with Crippen LogP contribution in [0.4, 0.5) is 10.1 Å². The molecule has 2 aromatic heterocycles. The van der Waals surface area contributed by atoms with Crippen LogP contribution in [0, 0.1) is 11.7 Å². The molecule has 1 saturated heterocycles. The summed E-state index contributed by atoms with van der Waals surface area (Å²) in [6.07, 6.45) is 3.29. The molecule has 0 bridgehead atoms. The van der Waals surface area contributed by atoms with Gasteiger partial charge in [-0.1, -0.05) is 11.6 Å². The average Bonchev–Trinajstić information content (AvgIpc) is 2.57. The van der Waals surface area contributed by atoms with Crippen molar-refractivity contribution in [2.24, 2.45) is 5.92 Å². The molecule has 8 heteroatoms. The van der Waals surface area contributed by atoms with Gasteiger partial charge in [-0.15, -0.1) is 0 Å². The van der Waals surface area contributed by atoms with Crippen molar-refractivity contribution in [1.82, 2.24) is 14.9 Å². The minimum absolute atomic E-state index is 0.204. The van der Waals surface area contributed by atoms with E-state index in [0.717, 1.165) is 18.7 Å². The highest BCUT2D eigenvalue weighted by atomic mass is 35.5. The molecule has 0 radical (unpaired) electrons. The van der Waals surface area contributed by atoms with E-state index < -0.39 is 17.5 Å². The van der Waals surface area contributed by atoms with Gasteiger partial charge in [-0.3, -0.25) is 9.88 Å². The van der Waals surface area contributed by atoms with E-state index in [1.165, 1.54) is 12.3 Å². The largest absolute Gasteiger partial charge is 0.393 e. The van der Waals surface area contributed by atoms with E-state index in [0.29, 0.717) is 35.9 Å². The summed E-state index contributed by atoms with van der Waals surface area (Å²) in [7, 11) is 0. The highest BCUT2D eigenvalue weighted by Crippen LogP contribution is 2.31. The van der Waals surface area contributed by atoms with E-state index in [-0.39, 0.29) is 11.6 Å². The minimum Gasteiger partial charge on any atom is -0.393 e. The fraction of sp³-hybridized carbons (Fsp3) is 0.524. The summed E-state index contributed by atoms with van der Waals surface area (Å²) in [5.41, 5.74) is 1.44. The van der Waals surface area contributed by atoms with Gasteiger partial charge in [-0.25, -0.2) is 9.37 Å². The van der Waals surface area contributed by atoms with Crippen LogP contribution in [0.3, 0.4) is 0 Å². The second kappa shape index (κ2) is 8.92. The van der Waals surface area contributed by atoms with E-state index >= 15 is 0 Å². The first-order valence-electron chi connectivity index (χ1n) is 9.80. The predicted molar refractivity (Wildman–Crippen MR) is 112 cm³/mol. The summed E-state index contributed by atoms with van der Waals surface area (Å²) in [6.45, 7) is 8.02. The Bertz CT molecular complexity index is 851. The molecule has 1 fully saturated rings. The van der Waals surface area contributed by atoms with Crippen LogP contribution in [-0.4, -0.2) is 56.4 Å². The third-order valence-electron chi connectivity index (χ3n) is 5.26. The number of nitrogens with zero attached hydrogens (tertiary/aromatic N) is 3. The van der Waals surface area contributed by atoms with Crippen LogP contribution in [0.5, 0.6) is 0 Å². The molecular weight excluding hydrogens is 395 g/mol. The standard InChI is InChI=1S/C21H28ClFN4O2/c1-13(28)4-5-24-18-7-19(22)25-9-16(18)20-17(23)6-14(8-26-20)10-27-11-15(12-27)21(2,3)29/h6-9,13,15,28-29H,4-5,10-12H2,1-3H3,(H,24,25)/t13-/m1/s1. The van der Waals surface area contributed by atoms with Crippen LogP contribution in [-0.2, 0) is 6.54 Å². The van der Waals surface area contributed by atoms with Crippen LogP contribution in [0.15, 0.2) is 24.5 Å². The van der Waals surface area contributed by atoms with E-state index in [2.05, 4.69) is 20.2 Å². The highest BCUT2D eigenvalue weighted by molar-refractivity contribution is 6.29. The van der Waals surface area contributed by atoms with Crippen LogP contribution in [0.2, 0.25) is 5.15 Å². The van der Waals surface area contributed by atoms with Gasteiger partial charge in [0, 0.05) is 55.7 Å². The van der Waals surface area contributed by atoms with Gasteiger partial charge in [0.15, 0.2) is 0 Å². The topological polar surface area (TPSA) is 81.5 Å². The Labute approximate surface area is 175 Å². The number of likely N-dealkylation sites (tertiary alicyclic amines) is 1. The van der Waals surface area contributed by atoms with Crippen molar-refractivity contribution in [1.29, 1.82) is 0 Å². The van der Waals surface area contributed by atoms with E-state index in [1.54, 1.807) is 19.2 Å². The van der Waals surface area contributed by atoms with E-state index in [1.807, 2.05) is 13.8 Å². The van der Waals surface area contributed by atoms with Crippen LogP contribution < -0.4 is 5.32 Å². The summed E-state index contributed by atoms with van der Waals surface area (Å²) < 4.78 is 14.9. The number of aromatic nitrogens is 2. The lowest BCUT2D eigenvalue weighted by Crippen LogP contribution is -2.55. The zero-order chi connectivity index (χ0) is 21.2. The molecule has 0 amide bonds. The number of aliphatic hydroxyl groups is 2. The fourth-order valence-electron chi connectivity index (χ4n) is 3.35. The van der Waals surface area contributed by atoms with Crippen LogP contribution >= 0.6 is 11.6 Å². The Morgan fingerprint density at radius 3 is 2.66 bits per heavy atom. The summed E-state index contributed by atoms with van der Waals surface area (Å²) in [4.78, 5) is 10.6. The lowest BCUT2D eigenvalue weighted by atomic mass is 9.84. The first-order chi connectivity index (χ1) is 13.6. The smallest absolute Gasteiger partial charge is 0.149 e. The minimum atomic E-state index is -0.692. The quantitative estimate of drug-likeness (QED) is 0.566. The Morgan fingerprint density at radius 1 is 1.31 bits per heavy atom. The number of nitrogens with one attached hydrogen (secondary N) is 1. The SMILES string of the molecule is C[C@@H](O)CCNc1cc(Cl)ncc1-c1ncc(CN2CC(C(C)(C)O)C2)cc1F. The van der Waals surface area contributed by atoms with Crippen molar-refractivity contribution in [3.05, 3.63) is 41.1 Å². The normalized spacial score (nSPS) is 16.5. The molecule has 158 valence electrons. The van der Waals surface area contributed by atoms with Gasteiger partial charge >= 0.3 is 0 Å². The summed E-state index contributed by atoms with van der Waals surface area (Å²) in [6, 6.07) is 3.12. The number of halogens is 2. The van der Waals surface area contributed by atoms with Crippen molar-refractivity contribution < 1.29 is 14.6 Å². The molecule has 0 unspecified atom stereocenters. The summed E-state index contributed by atoms with van der Waals surface area (Å²) in [5.74, 6) is -0.195. The number of pyridine rings is 2. The third kappa shape index (κ3) is 5.63. The van der Waals surface area contributed by atoms with Gasteiger partial charge in [0.1, 0.15) is 16.7 Å². The Kier molecular flexibility index (Phi) is 6.73. The maximum absolute atomic E-state index is 14.9. The fourth-order valence-corrected chi connectivity index (χ4v) is 3.50. The average molecular weight is 423 g/mol. The van der Waals surface area contributed by atoms with Crippen LogP contribution in [0.1, 0.15) is 32.8 Å². The number of anilines is 1. The molecule has 0 saturated carbocycles. The van der Waals surface area contributed by atoms with Crippen molar-refractivity contribution in [2.75, 3.05) is 25.0 Å². The number of hydrogen-bond acceptors (Lipinski definition) is 6. The second-order valence-corrected chi connectivity index (χ2v) is 8.72. The maximum atomic E-state index is 14.9. The molecule has 6 nitrogen and oxygen atoms in total. The van der Waals surface area contributed by atoms with Crippen molar-refractivity contribution in [2.45, 2.75) is 45.4 Å². The van der Waals surface area contributed by atoms with Crippen LogP contribution in [0.25, 0.3) is 11.3 Å². The molecule has 3 rings (SSSR count). The van der Waals surface area contributed by atoms with Gasteiger partial charge in [0.2, 0.25) is 0 Å². The lowest BCUT2D eigenvalue weighted by Gasteiger charge is -2.45. The van der Waals surface area contributed by atoms with E-state index in [4.69, 9.17) is 11.6 Å². The lowest BCUT2D eigenvalue weighted by molar-refractivity contribution is -0.0648. The van der Waals surface area contributed by atoms with Gasteiger partial charge in [0.25, 0.3) is 0 Å². The van der Waals surface area contributed by atoms with Crippen molar-refractivity contribution >= 4 is 17.3 Å². The predicted octanol–water partition coefficient (Wildman–Crippen LogP) is 3.32. The molecular formula is C21H28ClFN4O2. The molecule has 0 aromatic carbocycles. The zero-order valence-electron chi connectivity index (χ0n) is 17.0. The zero-order valence-corrected chi connectivity index (χ0v) is 17.7. The molecule has 3 N–H and O–H groups in total. The molecule has 2 aromatic rings. The van der Waals surface area contributed by atoms with Gasteiger partial charge in [-0.05, 0) is 44.9 Å². The summed E-state index contributed by atoms with van der Waals surface area (Å²) in [5, 5.41) is 22.9. The van der Waals surface area contributed by atoms with Gasteiger partial charge in [-0.2, -0.15) is 0 Å². The first kappa shape index (κ1) is 21.9. The van der Waals surface area contributed by atoms with Gasteiger partial charge in [0.05, 0.1) is 11.7 Å². The van der Waals surface area contributed by atoms with E-state index in [9.17, 15) is 14.6 Å².